The van der Waals surface area contributed by atoms with E-state index in [1.807, 2.05) is 13.8 Å². The molecule has 1 atom stereocenters. The quantitative estimate of drug-likeness (QED) is 0.858. The fourth-order valence-electron chi connectivity index (χ4n) is 2.02. The number of methoxy groups -OCH3 is 1. The monoisotopic (exact) mass is 291 g/mol. The molecule has 0 saturated heterocycles. The normalized spacial score (nSPS) is 12.0. The molecule has 2 rings (SSSR count). The Balaban J connectivity index is 2.00. The van der Waals surface area contributed by atoms with Crippen LogP contribution in [-0.4, -0.2) is 29.2 Å². The number of nitrogens with one attached hydrogen (secondary N) is 2. The number of rotatable bonds is 5. The Labute approximate surface area is 121 Å². The van der Waals surface area contributed by atoms with Crippen LogP contribution in [0, 0.1) is 6.92 Å². The molecule has 1 heterocycles. The molecule has 1 unspecified atom stereocenters. The summed E-state index contributed by atoms with van der Waals surface area (Å²) in [6.45, 7) is 3.69. The molecule has 1 aromatic heterocycles. The number of hydrogen-bond donors (Lipinski definition) is 2. The van der Waals surface area contributed by atoms with Gasteiger partial charge in [-0.3, -0.25) is 14.3 Å². The van der Waals surface area contributed by atoms with Crippen LogP contribution in [0.15, 0.2) is 27.5 Å². The van der Waals surface area contributed by atoms with Crippen molar-refractivity contribution in [2.75, 3.05) is 7.11 Å². The van der Waals surface area contributed by atoms with Crippen LogP contribution >= 0.6 is 0 Å². The van der Waals surface area contributed by atoms with Crippen molar-refractivity contribution >= 4 is 5.91 Å². The largest absolute Gasteiger partial charge is 0.496 e. The van der Waals surface area contributed by atoms with Crippen LogP contribution in [0.4, 0.5) is 0 Å². The number of H-pyrrole nitrogens is 1. The fraction of sp³-hybridized carbons (Fsp3) is 0.357. The van der Waals surface area contributed by atoms with E-state index in [0.717, 1.165) is 11.3 Å². The predicted molar refractivity (Wildman–Crippen MR) is 75.5 cm³/mol. The summed E-state index contributed by atoms with van der Waals surface area (Å²) in [6, 6.07) is 5.02. The van der Waals surface area contributed by atoms with E-state index in [1.54, 1.807) is 25.3 Å². The van der Waals surface area contributed by atoms with Gasteiger partial charge in [0.15, 0.2) is 5.82 Å². The third kappa shape index (κ3) is 3.71. The lowest BCUT2D eigenvalue weighted by molar-refractivity contribution is 0.0939. The SMILES string of the molecule is COc1ccc(C(=O)NC(C)Cc2noc(=O)[nH]2)cc1C. The number of aryl methyl sites for hydroxylation is 1. The average Bonchev–Trinajstić information content (AvgIpc) is 2.83. The van der Waals surface area contributed by atoms with Crippen molar-refractivity contribution < 1.29 is 14.1 Å². The van der Waals surface area contributed by atoms with E-state index in [9.17, 15) is 9.59 Å². The first kappa shape index (κ1) is 14.8. The number of hydrogen-bond acceptors (Lipinski definition) is 5. The molecular weight excluding hydrogens is 274 g/mol. The first-order chi connectivity index (χ1) is 9.99. The molecule has 0 aliphatic carbocycles. The first-order valence-corrected chi connectivity index (χ1v) is 6.50. The fourth-order valence-corrected chi connectivity index (χ4v) is 2.02. The predicted octanol–water partition coefficient (Wildman–Crippen LogP) is 1.04. The molecule has 21 heavy (non-hydrogen) atoms. The Hall–Kier alpha value is -2.57. The van der Waals surface area contributed by atoms with Gasteiger partial charge in [-0.2, -0.15) is 0 Å². The van der Waals surface area contributed by atoms with Gasteiger partial charge in [0, 0.05) is 18.0 Å². The van der Waals surface area contributed by atoms with Gasteiger partial charge >= 0.3 is 5.76 Å². The molecule has 7 heteroatoms. The van der Waals surface area contributed by atoms with E-state index in [0.29, 0.717) is 17.8 Å². The highest BCUT2D eigenvalue weighted by atomic mass is 16.5. The number of amides is 1. The molecule has 0 saturated carbocycles. The second-order valence-electron chi connectivity index (χ2n) is 4.80. The van der Waals surface area contributed by atoms with Gasteiger partial charge < -0.3 is 10.1 Å². The molecule has 0 spiro atoms. The van der Waals surface area contributed by atoms with Gasteiger partial charge in [0.2, 0.25) is 0 Å². The molecule has 2 N–H and O–H groups in total. The van der Waals surface area contributed by atoms with Crippen LogP contribution < -0.4 is 15.8 Å². The maximum absolute atomic E-state index is 12.1. The number of carbonyl (C=O) groups is 1. The number of carbonyl (C=O) groups excluding carboxylic acids is 1. The van der Waals surface area contributed by atoms with E-state index in [-0.39, 0.29) is 11.9 Å². The van der Waals surface area contributed by atoms with Crippen molar-refractivity contribution in [2.45, 2.75) is 26.3 Å². The zero-order chi connectivity index (χ0) is 15.4. The molecule has 2 aromatic rings. The van der Waals surface area contributed by atoms with E-state index >= 15 is 0 Å². The molecule has 0 radical (unpaired) electrons. The highest BCUT2D eigenvalue weighted by Crippen LogP contribution is 2.18. The number of benzene rings is 1. The lowest BCUT2D eigenvalue weighted by Crippen LogP contribution is -2.34. The minimum atomic E-state index is -0.602. The number of nitrogens with zero attached hydrogens (tertiary/aromatic N) is 1. The molecule has 1 amide bonds. The van der Waals surface area contributed by atoms with Gasteiger partial charge in [-0.25, -0.2) is 4.79 Å². The third-order valence-electron chi connectivity index (χ3n) is 3.02. The summed E-state index contributed by atoms with van der Waals surface area (Å²) in [5.74, 6) is 0.340. The molecule has 0 aliphatic rings. The zero-order valence-corrected chi connectivity index (χ0v) is 12.1. The molecule has 7 nitrogen and oxygen atoms in total. The Bertz CT molecular complexity index is 690. The zero-order valence-electron chi connectivity index (χ0n) is 12.1. The van der Waals surface area contributed by atoms with Gasteiger partial charge in [0.05, 0.1) is 7.11 Å². The van der Waals surface area contributed by atoms with Crippen molar-refractivity contribution in [2.24, 2.45) is 0 Å². The summed E-state index contributed by atoms with van der Waals surface area (Å²) < 4.78 is 9.57. The molecular formula is C14H17N3O4. The van der Waals surface area contributed by atoms with Crippen molar-refractivity contribution in [1.29, 1.82) is 0 Å². The van der Waals surface area contributed by atoms with Crippen molar-refractivity contribution in [3.63, 3.8) is 0 Å². The van der Waals surface area contributed by atoms with Gasteiger partial charge in [-0.05, 0) is 37.6 Å². The van der Waals surface area contributed by atoms with E-state index in [1.165, 1.54) is 0 Å². The van der Waals surface area contributed by atoms with Crippen molar-refractivity contribution in [3.8, 4) is 5.75 Å². The Morgan fingerprint density at radius 3 is 2.86 bits per heavy atom. The van der Waals surface area contributed by atoms with E-state index in [4.69, 9.17) is 4.74 Å². The first-order valence-electron chi connectivity index (χ1n) is 6.50. The van der Waals surface area contributed by atoms with Crippen LogP contribution in [0.5, 0.6) is 5.75 Å². The van der Waals surface area contributed by atoms with E-state index < -0.39 is 5.76 Å². The topological polar surface area (TPSA) is 97.2 Å². The standard InChI is InChI=1S/C14H17N3O4/c1-8-6-10(4-5-11(8)20-3)13(18)15-9(2)7-12-16-14(19)21-17-12/h4-6,9H,7H2,1-3H3,(H,15,18)(H,16,17,19). The highest BCUT2D eigenvalue weighted by Gasteiger charge is 2.13. The van der Waals surface area contributed by atoms with E-state index in [2.05, 4.69) is 20.0 Å². The minimum absolute atomic E-state index is 0.194. The molecule has 1 aromatic carbocycles. The number of ether oxygens (including phenoxy) is 1. The van der Waals surface area contributed by atoms with Crippen LogP contribution in [0.2, 0.25) is 0 Å². The summed E-state index contributed by atoms with van der Waals surface area (Å²) >= 11 is 0. The summed E-state index contributed by atoms with van der Waals surface area (Å²) in [7, 11) is 1.59. The molecule has 0 bridgehead atoms. The maximum Gasteiger partial charge on any atom is 0.438 e. The summed E-state index contributed by atoms with van der Waals surface area (Å²) in [5.41, 5.74) is 1.44. The van der Waals surface area contributed by atoms with Gasteiger partial charge in [0.25, 0.3) is 5.91 Å². The third-order valence-corrected chi connectivity index (χ3v) is 3.02. The van der Waals surface area contributed by atoms with Gasteiger partial charge in [-0.1, -0.05) is 5.16 Å². The second-order valence-corrected chi connectivity index (χ2v) is 4.80. The van der Waals surface area contributed by atoms with Crippen molar-refractivity contribution in [3.05, 3.63) is 45.7 Å². The molecule has 112 valence electrons. The van der Waals surface area contributed by atoms with Crippen molar-refractivity contribution in [1.82, 2.24) is 15.5 Å². The molecule has 0 aliphatic heterocycles. The Morgan fingerprint density at radius 1 is 1.52 bits per heavy atom. The van der Waals surface area contributed by atoms with Gasteiger partial charge in [-0.15, -0.1) is 0 Å². The van der Waals surface area contributed by atoms with Crippen LogP contribution in [0.3, 0.4) is 0 Å². The number of aromatic amines is 1. The Morgan fingerprint density at radius 2 is 2.29 bits per heavy atom. The maximum atomic E-state index is 12.1. The summed E-state index contributed by atoms with van der Waals surface area (Å²) in [5, 5.41) is 6.40. The van der Waals surface area contributed by atoms with Crippen LogP contribution in [-0.2, 0) is 6.42 Å². The van der Waals surface area contributed by atoms with Crippen LogP contribution in [0.1, 0.15) is 28.7 Å². The minimum Gasteiger partial charge on any atom is -0.496 e. The second kappa shape index (κ2) is 6.25. The van der Waals surface area contributed by atoms with Gasteiger partial charge in [0.1, 0.15) is 5.75 Å². The number of aromatic nitrogens is 2. The lowest BCUT2D eigenvalue weighted by Gasteiger charge is -2.13. The smallest absolute Gasteiger partial charge is 0.438 e. The lowest BCUT2D eigenvalue weighted by atomic mass is 10.1. The average molecular weight is 291 g/mol. The highest BCUT2D eigenvalue weighted by molar-refractivity contribution is 5.94. The summed E-state index contributed by atoms with van der Waals surface area (Å²) in [4.78, 5) is 25.4. The van der Waals surface area contributed by atoms with Crippen LogP contribution in [0.25, 0.3) is 0 Å². The molecule has 0 fully saturated rings. The summed E-state index contributed by atoms with van der Waals surface area (Å²) in [6.07, 6.45) is 0.382. The Kier molecular flexibility index (Phi) is 4.42.